The number of halogens is 2. The van der Waals surface area contributed by atoms with Crippen molar-refractivity contribution in [2.24, 2.45) is 0 Å². The second kappa shape index (κ2) is 10.1. The molecule has 0 aliphatic carbocycles. The van der Waals surface area contributed by atoms with Gasteiger partial charge in [-0.1, -0.05) is 35.1 Å². The summed E-state index contributed by atoms with van der Waals surface area (Å²) >= 11 is 6.58. The number of rotatable bonds is 7. The summed E-state index contributed by atoms with van der Waals surface area (Å²) in [6.07, 6.45) is 0.0234. The average Bonchev–Trinajstić information content (AvgIpc) is 3.23. The van der Waals surface area contributed by atoms with Crippen LogP contribution in [-0.2, 0) is 19.4 Å². The molecule has 3 aromatic rings. The summed E-state index contributed by atoms with van der Waals surface area (Å²) in [7, 11) is -3.73. The number of nitrogens with zero attached hydrogens (tertiary/aromatic N) is 1. The maximum atomic E-state index is 13.3. The molecule has 8 nitrogen and oxygen atoms in total. The van der Waals surface area contributed by atoms with Crippen LogP contribution < -0.4 is 15.4 Å². The molecule has 0 bridgehead atoms. The number of carbonyl (C=O) groups is 2. The number of aromatic nitrogens is 1. The van der Waals surface area contributed by atoms with E-state index < -0.39 is 32.2 Å². The van der Waals surface area contributed by atoms with Crippen molar-refractivity contribution in [3.8, 4) is 5.75 Å². The van der Waals surface area contributed by atoms with Crippen molar-refractivity contribution in [2.45, 2.75) is 29.1 Å². The fraction of sp³-hybridized carbons (Fsp3) is 0.227. The van der Waals surface area contributed by atoms with E-state index in [4.69, 9.17) is 16.3 Å². The van der Waals surface area contributed by atoms with Crippen LogP contribution in [0.4, 0.5) is 9.52 Å². The summed E-state index contributed by atoms with van der Waals surface area (Å²) in [6.45, 7) is 0.301. The Kier molecular flexibility index (Phi) is 7.15. The van der Waals surface area contributed by atoms with Gasteiger partial charge in [-0.25, -0.2) is 13.4 Å². The van der Waals surface area contributed by atoms with Gasteiger partial charge in [0, 0.05) is 23.6 Å². The van der Waals surface area contributed by atoms with Crippen LogP contribution in [0, 0.1) is 5.13 Å². The second-order valence-corrected chi connectivity index (χ2v) is 11.1. The molecule has 2 atom stereocenters. The molecule has 178 valence electrons. The van der Waals surface area contributed by atoms with Crippen LogP contribution in [0.2, 0.25) is 5.02 Å². The molecule has 0 saturated carbocycles. The van der Waals surface area contributed by atoms with E-state index in [-0.39, 0.29) is 22.4 Å². The van der Waals surface area contributed by atoms with Crippen molar-refractivity contribution < 1.29 is 27.1 Å². The molecule has 1 aromatic heterocycles. The standard InChI is InChI=1S/C22H19ClFN3O5S2/c23-14-3-5-15(6-4-14)32-20(21(29)27-22-26-12-18(24)33-22)13-1-7-16(8-2-13)34(30,31)17-9-10-25-19(28)11-17/h1-8,12,17,20H,9-11H2,(H,25,28)(H,26,27,29). The summed E-state index contributed by atoms with van der Waals surface area (Å²) in [5.74, 6) is -0.577. The number of sulfone groups is 1. The first kappa shape index (κ1) is 24.1. The molecule has 1 aliphatic rings. The lowest BCUT2D eigenvalue weighted by Crippen LogP contribution is -2.39. The van der Waals surface area contributed by atoms with Gasteiger partial charge in [-0.2, -0.15) is 4.39 Å². The highest BCUT2D eigenvalue weighted by Crippen LogP contribution is 2.29. The predicted molar refractivity (Wildman–Crippen MR) is 125 cm³/mol. The van der Waals surface area contributed by atoms with E-state index in [0.29, 0.717) is 40.6 Å². The van der Waals surface area contributed by atoms with Crippen LogP contribution in [0.15, 0.2) is 59.6 Å². The average molecular weight is 524 g/mol. The van der Waals surface area contributed by atoms with Gasteiger partial charge < -0.3 is 10.1 Å². The van der Waals surface area contributed by atoms with Crippen LogP contribution in [-0.4, -0.2) is 37.0 Å². The van der Waals surface area contributed by atoms with Crippen LogP contribution >= 0.6 is 22.9 Å². The Bertz CT molecular complexity index is 1300. The maximum absolute atomic E-state index is 13.3. The van der Waals surface area contributed by atoms with Crippen molar-refractivity contribution in [3.05, 3.63) is 70.4 Å². The fourth-order valence-corrected chi connectivity index (χ4v) is 5.82. The number of thiazole rings is 1. The third kappa shape index (κ3) is 5.54. The van der Waals surface area contributed by atoms with E-state index >= 15 is 0 Å². The molecule has 0 spiro atoms. The highest BCUT2D eigenvalue weighted by atomic mass is 35.5. The fourth-order valence-electron chi connectivity index (χ4n) is 3.45. The van der Waals surface area contributed by atoms with Gasteiger partial charge in [0.15, 0.2) is 20.1 Å². The summed E-state index contributed by atoms with van der Waals surface area (Å²) in [4.78, 5) is 28.4. The Balaban J connectivity index is 1.60. The predicted octanol–water partition coefficient (Wildman–Crippen LogP) is 3.75. The summed E-state index contributed by atoms with van der Waals surface area (Å²) in [5.41, 5.74) is 0.366. The lowest BCUT2D eigenvalue weighted by molar-refractivity contribution is -0.123. The van der Waals surface area contributed by atoms with Crippen LogP contribution in [0.1, 0.15) is 24.5 Å². The molecular weight excluding hydrogens is 505 g/mol. The number of ether oxygens (including phenoxy) is 1. The van der Waals surface area contributed by atoms with Crippen molar-refractivity contribution >= 4 is 49.7 Å². The van der Waals surface area contributed by atoms with Gasteiger partial charge in [0.05, 0.1) is 16.3 Å². The number of nitrogens with one attached hydrogen (secondary N) is 2. The monoisotopic (exact) mass is 523 g/mol. The van der Waals surface area contributed by atoms with E-state index in [1.165, 1.54) is 24.3 Å². The number of carbonyl (C=O) groups excluding carboxylic acids is 2. The van der Waals surface area contributed by atoms with Gasteiger partial charge in [-0.05, 0) is 42.8 Å². The first-order valence-corrected chi connectivity index (χ1v) is 12.9. The molecule has 0 radical (unpaired) electrons. The van der Waals surface area contributed by atoms with Crippen LogP contribution in [0.5, 0.6) is 5.75 Å². The zero-order valence-electron chi connectivity index (χ0n) is 17.5. The Labute approximate surface area is 204 Å². The third-order valence-electron chi connectivity index (χ3n) is 5.17. The van der Waals surface area contributed by atoms with E-state index in [0.717, 1.165) is 6.20 Å². The molecule has 2 heterocycles. The lowest BCUT2D eigenvalue weighted by atomic mass is 10.1. The van der Waals surface area contributed by atoms with Crippen molar-refractivity contribution in [2.75, 3.05) is 11.9 Å². The summed E-state index contributed by atoms with van der Waals surface area (Å²) < 4.78 is 45.1. The topological polar surface area (TPSA) is 114 Å². The number of hydrogen-bond acceptors (Lipinski definition) is 7. The molecule has 2 N–H and O–H groups in total. The van der Waals surface area contributed by atoms with Crippen molar-refractivity contribution in [1.29, 1.82) is 0 Å². The maximum Gasteiger partial charge on any atom is 0.271 e. The van der Waals surface area contributed by atoms with E-state index in [1.54, 1.807) is 24.3 Å². The Morgan fingerprint density at radius 1 is 1.21 bits per heavy atom. The lowest BCUT2D eigenvalue weighted by Gasteiger charge is -2.23. The van der Waals surface area contributed by atoms with Gasteiger partial charge in [0.25, 0.3) is 5.91 Å². The minimum Gasteiger partial charge on any atom is -0.476 e. The summed E-state index contributed by atoms with van der Waals surface area (Å²) in [5, 5.41) is 4.30. The number of benzene rings is 2. The largest absolute Gasteiger partial charge is 0.476 e. The molecule has 2 unspecified atom stereocenters. The molecule has 4 rings (SSSR count). The van der Waals surface area contributed by atoms with Crippen molar-refractivity contribution in [3.63, 3.8) is 0 Å². The minimum atomic E-state index is -3.73. The second-order valence-electron chi connectivity index (χ2n) is 7.49. The Hall–Kier alpha value is -3.02. The number of piperidine rings is 1. The first-order chi connectivity index (χ1) is 16.2. The van der Waals surface area contributed by atoms with Gasteiger partial charge in [0.2, 0.25) is 12.0 Å². The quantitative estimate of drug-likeness (QED) is 0.487. The highest BCUT2D eigenvalue weighted by Gasteiger charge is 2.32. The van der Waals surface area contributed by atoms with Gasteiger partial charge in [0.1, 0.15) is 5.75 Å². The Morgan fingerprint density at radius 2 is 1.91 bits per heavy atom. The Morgan fingerprint density at radius 3 is 2.53 bits per heavy atom. The molecule has 12 heteroatoms. The number of anilines is 1. The molecule has 1 fully saturated rings. The molecule has 2 aromatic carbocycles. The zero-order valence-corrected chi connectivity index (χ0v) is 19.9. The third-order valence-corrected chi connectivity index (χ3v) is 8.33. The molecule has 34 heavy (non-hydrogen) atoms. The smallest absolute Gasteiger partial charge is 0.271 e. The van der Waals surface area contributed by atoms with Crippen molar-refractivity contribution in [1.82, 2.24) is 10.3 Å². The van der Waals surface area contributed by atoms with Crippen LogP contribution in [0.3, 0.4) is 0 Å². The number of hydrogen-bond donors (Lipinski definition) is 2. The molecular formula is C22H19ClFN3O5S2. The minimum absolute atomic E-state index is 0.0450. The molecule has 1 aliphatic heterocycles. The van der Waals surface area contributed by atoms with Gasteiger partial charge in [-0.15, -0.1) is 0 Å². The van der Waals surface area contributed by atoms with E-state index in [2.05, 4.69) is 15.6 Å². The number of amides is 2. The van der Waals surface area contributed by atoms with Gasteiger partial charge >= 0.3 is 0 Å². The SMILES string of the molecule is O=C1CC(S(=O)(=O)c2ccc(C(Oc3ccc(Cl)cc3)C(=O)Nc3ncc(F)s3)cc2)CCN1. The summed E-state index contributed by atoms with van der Waals surface area (Å²) in [6, 6.07) is 12.1. The molecule has 2 amide bonds. The normalized spacial score (nSPS) is 17.0. The van der Waals surface area contributed by atoms with Gasteiger partial charge in [-0.3, -0.25) is 14.9 Å². The first-order valence-electron chi connectivity index (χ1n) is 10.2. The highest BCUT2D eigenvalue weighted by molar-refractivity contribution is 7.92. The zero-order chi connectivity index (χ0) is 24.3. The molecule has 1 saturated heterocycles. The van der Waals surface area contributed by atoms with E-state index in [9.17, 15) is 22.4 Å². The van der Waals surface area contributed by atoms with Crippen LogP contribution in [0.25, 0.3) is 0 Å². The van der Waals surface area contributed by atoms with E-state index in [1.807, 2.05) is 0 Å².